The molecule has 7 nitrogen and oxygen atoms in total. The van der Waals surface area contributed by atoms with Crippen molar-refractivity contribution in [1.82, 2.24) is 9.47 Å². The molecule has 1 aromatic carbocycles. The van der Waals surface area contributed by atoms with Gasteiger partial charge in [0.15, 0.2) is 17.8 Å². The number of nitrogens with zero attached hydrogens (tertiary/aromatic N) is 3. The van der Waals surface area contributed by atoms with Gasteiger partial charge in [0.25, 0.3) is 11.5 Å². The summed E-state index contributed by atoms with van der Waals surface area (Å²) < 4.78 is 59.2. The van der Waals surface area contributed by atoms with Gasteiger partial charge in [0.05, 0.1) is 11.3 Å². The van der Waals surface area contributed by atoms with E-state index in [9.17, 15) is 31.9 Å². The van der Waals surface area contributed by atoms with Gasteiger partial charge < -0.3 is 9.08 Å². The van der Waals surface area contributed by atoms with E-state index in [0.29, 0.717) is 23.3 Å². The molecule has 2 amide bonds. The first-order valence-corrected chi connectivity index (χ1v) is 10.5. The van der Waals surface area contributed by atoms with Gasteiger partial charge in [-0.05, 0) is 44.4 Å². The van der Waals surface area contributed by atoms with Crippen LogP contribution in [0.3, 0.4) is 0 Å². The lowest BCUT2D eigenvalue weighted by Gasteiger charge is -2.28. The smallest absolute Gasteiger partial charge is 0.416 e. The normalized spacial score (nSPS) is 13.6. The van der Waals surface area contributed by atoms with Gasteiger partial charge >= 0.3 is 5.51 Å². The largest absolute Gasteiger partial charge is 0.479 e. The molecule has 1 aliphatic rings. The highest BCUT2D eigenvalue weighted by Gasteiger charge is 2.38. The molecule has 0 aliphatic heterocycles. The lowest BCUT2D eigenvalue weighted by atomic mass is 10.1. The zero-order valence-corrected chi connectivity index (χ0v) is 19.0. The van der Waals surface area contributed by atoms with Gasteiger partial charge in [0.1, 0.15) is 17.2 Å². The number of hydrogen-bond acceptors (Lipinski definition) is 5. The zero-order valence-electron chi connectivity index (χ0n) is 18.2. The minimum Gasteiger partial charge on any atom is -0.416 e. The zero-order chi connectivity index (χ0) is 24.7. The lowest BCUT2D eigenvalue weighted by Crippen LogP contribution is -2.36. The van der Waals surface area contributed by atoms with Gasteiger partial charge in [0, 0.05) is 20.1 Å². The first kappa shape index (κ1) is 24.6. The van der Waals surface area contributed by atoms with Gasteiger partial charge in [-0.3, -0.25) is 23.9 Å². The number of aryl methyl sites for hydroxylation is 1. The summed E-state index contributed by atoms with van der Waals surface area (Å²) in [6.07, 6.45) is 1.58. The fraction of sp³-hybridized carbons (Fsp3) is 0.381. The van der Waals surface area contributed by atoms with Crippen molar-refractivity contribution in [3.8, 4) is 5.75 Å². The maximum atomic E-state index is 14.8. The second kappa shape index (κ2) is 9.08. The van der Waals surface area contributed by atoms with Crippen LogP contribution in [0.4, 0.5) is 29.1 Å². The van der Waals surface area contributed by atoms with Crippen LogP contribution in [0.15, 0.2) is 23.0 Å². The second-order valence-electron chi connectivity index (χ2n) is 7.71. The van der Waals surface area contributed by atoms with Crippen molar-refractivity contribution in [3.05, 3.63) is 51.1 Å². The maximum Gasteiger partial charge on any atom is 0.479 e. The number of benzene rings is 1. The Hall–Kier alpha value is -3.02. The maximum absolute atomic E-state index is 14.8. The van der Waals surface area contributed by atoms with Crippen LogP contribution in [-0.4, -0.2) is 40.4 Å². The molecule has 0 saturated heterocycles. The Morgan fingerprint density at radius 2 is 1.91 bits per heavy atom. The molecule has 1 aliphatic carbocycles. The number of anilines is 2. The molecular weight excluding hydrogens is 466 g/mol. The van der Waals surface area contributed by atoms with Crippen molar-refractivity contribution >= 4 is 35.9 Å². The summed E-state index contributed by atoms with van der Waals surface area (Å²) in [6.45, 7) is 2.84. The van der Waals surface area contributed by atoms with Crippen molar-refractivity contribution in [2.75, 3.05) is 11.9 Å². The van der Waals surface area contributed by atoms with Crippen molar-refractivity contribution in [1.29, 1.82) is 0 Å². The van der Waals surface area contributed by atoms with E-state index < -0.39 is 52.0 Å². The van der Waals surface area contributed by atoms with E-state index in [1.165, 1.54) is 38.1 Å². The van der Waals surface area contributed by atoms with Crippen LogP contribution in [0.25, 0.3) is 0 Å². The number of amides is 2. The first-order chi connectivity index (χ1) is 15.4. The third-order valence-corrected chi connectivity index (χ3v) is 5.72. The molecule has 0 unspecified atom stereocenters. The predicted molar refractivity (Wildman–Crippen MR) is 115 cm³/mol. The quantitative estimate of drug-likeness (QED) is 0.332. The molecule has 3 rings (SSSR count). The number of alkyl halides is 3. The highest BCUT2D eigenvalue weighted by molar-refractivity contribution is 7.95. The summed E-state index contributed by atoms with van der Waals surface area (Å²) in [5, 5.41) is 0. The first-order valence-electron chi connectivity index (χ1n) is 9.81. The summed E-state index contributed by atoms with van der Waals surface area (Å²) in [4.78, 5) is 40.4. The number of aromatic nitrogens is 1. The third-order valence-electron chi connectivity index (χ3n) is 5.28. The molecule has 0 atom stereocenters. The van der Waals surface area contributed by atoms with E-state index >= 15 is 0 Å². The Morgan fingerprint density at radius 1 is 1.27 bits per heavy atom. The van der Waals surface area contributed by atoms with E-state index in [0.717, 1.165) is 10.6 Å². The highest BCUT2D eigenvalue weighted by Crippen LogP contribution is 2.41. The minimum absolute atomic E-state index is 0.146. The molecule has 178 valence electrons. The van der Waals surface area contributed by atoms with Crippen LogP contribution in [-0.2, 0) is 11.8 Å². The van der Waals surface area contributed by atoms with E-state index in [4.69, 9.17) is 4.18 Å². The molecule has 1 aromatic heterocycles. The second-order valence-corrected chi connectivity index (χ2v) is 8.50. The van der Waals surface area contributed by atoms with E-state index in [-0.39, 0.29) is 23.7 Å². The number of carbonyl (C=O) groups excluding carboxylic acids is 2. The fourth-order valence-electron chi connectivity index (χ4n) is 3.40. The topological polar surface area (TPSA) is 71.9 Å². The molecule has 0 N–H and O–H groups in total. The minimum atomic E-state index is -4.83. The van der Waals surface area contributed by atoms with Crippen LogP contribution in [0.1, 0.15) is 34.3 Å². The van der Waals surface area contributed by atoms with Gasteiger partial charge in [-0.25, -0.2) is 4.39 Å². The summed E-state index contributed by atoms with van der Waals surface area (Å²) in [6, 6.07) is 3.78. The Morgan fingerprint density at radius 3 is 2.42 bits per heavy atom. The Kier molecular flexibility index (Phi) is 6.78. The number of halogens is 4. The van der Waals surface area contributed by atoms with Crippen molar-refractivity contribution in [2.24, 2.45) is 7.05 Å². The number of carbonyl (C=O) groups is 2. The van der Waals surface area contributed by atoms with Crippen molar-refractivity contribution in [3.63, 3.8) is 0 Å². The van der Waals surface area contributed by atoms with Crippen molar-refractivity contribution < 1.29 is 31.3 Å². The van der Waals surface area contributed by atoms with Gasteiger partial charge in [-0.15, -0.1) is 0 Å². The molecular formula is C21H21F4N3O4S. The molecule has 0 bridgehead atoms. The van der Waals surface area contributed by atoms with Gasteiger partial charge in [-0.2, -0.15) is 13.2 Å². The SMILES string of the molecule is Cc1ccc(N(C=O)c2c(C(=O)N(C)C3CC3)c(OSC(F)(F)F)c(C)c(=O)n2C)c(F)c1. The molecule has 33 heavy (non-hydrogen) atoms. The third kappa shape index (κ3) is 5.00. The molecule has 0 radical (unpaired) electrons. The summed E-state index contributed by atoms with van der Waals surface area (Å²) in [7, 11) is 2.70. The van der Waals surface area contributed by atoms with Crippen LogP contribution in [0.5, 0.6) is 5.75 Å². The average Bonchev–Trinajstić information content (AvgIpc) is 3.58. The Labute approximate surface area is 191 Å². The molecule has 2 aromatic rings. The molecule has 0 spiro atoms. The molecule has 1 fully saturated rings. The van der Waals surface area contributed by atoms with Gasteiger partial charge in [0.2, 0.25) is 6.41 Å². The molecule has 1 saturated carbocycles. The monoisotopic (exact) mass is 487 g/mol. The lowest BCUT2D eigenvalue weighted by molar-refractivity contribution is -0.106. The predicted octanol–water partition coefficient (Wildman–Crippen LogP) is 4.22. The van der Waals surface area contributed by atoms with Crippen LogP contribution >= 0.6 is 12.0 Å². The van der Waals surface area contributed by atoms with Crippen LogP contribution in [0.2, 0.25) is 0 Å². The van der Waals surface area contributed by atoms with Crippen LogP contribution in [0, 0.1) is 19.7 Å². The molecule has 1 heterocycles. The fourth-order valence-corrected chi connectivity index (χ4v) is 3.79. The van der Waals surface area contributed by atoms with Crippen molar-refractivity contribution in [2.45, 2.75) is 38.2 Å². The number of pyridine rings is 1. The Balaban J connectivity index is 2.32. The average molecular weight is 487 g/mol. The standard InChI is InChI=1S/C21H21F4N3O4S/c1-11-5-8-15(14(22)9-11)28(10-29)18-16(20(31)26(3)13-6-7-13)17(32-33-21(23,24)25)12(2)19(30)27(18)4/h5,8-10,13H,6-7H2,1-4H3. The molecule has 12 heteroatoms. The number of hydrogen-bond donors (Lipinski definition) is 0. The highest BCUT2D eigenvalue weighted by atomic mass is 32.2. The van der Waals surface area contributed by atoms with Gasteiger partial charge in [-0.1, -0.05) is 6.07 Å². The Bertz CT molecular complexity index is 1160. The summed E-state index contributed by atoms with van der Waals surface area (Å²) in [5.41, 5.74) is -6.09. The van der Waals surface area contributed by atoms with E-state index in [1.54, 1.807) is 6.92 Å². The summed E-state index contributed by atoms with van der Waals surface area (Å²) in [5.74, 6) is -2.62. The van der Waals surface area contributed by atoms with Crippen LogP contribution < -0.4 is 14.6 Å². The number of rotatable bonds is 7. The summed E-state index contributed by atoms with van der Waals surface area (Å²) >= 11 is -0.888. The van der Waals surface area contributed by atoms with E-state index in [2.05, 4.69) is 0 Å². The van der Waals surface area contributed by atoms with E-state index in [1.807, 2.05) is 0 Å².